The molecule has 0 spiro atoms. The molecule has 0 amide bonds. The summed E-state index contributed by atoms with van der Waals surface area (Å²) in [6, 6.07) is 0.715. The van der Waals surface area contributed by atoms with Crippen LogP contribution >= 0.6 is 11.6 Å². The van der Waals surface area contributed by atoms with E-state index in [0.717, 1.165) is 28.6 Å². The molecule has 1 saturated carbocycles. The smallest absolute Gasteiger partial charge is 0.0866 e. The van der Waals surface area contributed by atoms with Crippen LogP contribution < -0.4 is 5.32 Å². The largest absolute Gasteiger partial charge is 0.310 e. The minimum atomic E-state index is 0.653. The van der Waals surface area contributed by atoms with E-state index < -0.39 is 0 Å². The van der Waals surface area contributed by atoms with Crippen LogP contribution in [0.1, 0.15) is 35.5 Å². The predicted octanol–water partition coefficient (Wildman–Crippen LogP) is 2.19. The van der Waals surface area contributed by atoms with Gasteiger partial charge in [-0.05, 0) is 26.7 Å². The van der Waals surface area contributed by atoms with E-state index in [1.54, 1.807) is 0 Å². The molecule has 2 aromatic heterocycles. The van der Waals surface area contributed by atoms with Crippen molar-refractivity contribution in [3.63, 3.8) is 0 Å². The first-order valence-corrected chi connectivity index (χ1v) is 7.36. The van der Waals surface area contributed by atoms with Crippen molar-refractivity contribution < 1.29 is 0 Å². The van der Waals surface area contributed by atoms with Crippen LogP contribution in [0.15, 0.2) is 6.20 Å². The molecule has 0 aliphatic heterocycles. The van der Waals surface area contributed by atoms with E-state index in [1.807, 2.05) is 23.3 Å². The Kier molecular flexibility index (Phi) is 3.56. The molecule has 2 heterocycles. The van der Waals surface area contributed by atoms with E-state index in [9.17, 15) is 0 Å². The maximum absolute atomic E-state index is 6.28. The quantitative estimate of drug-likeness (QED) is 0.919. The Morgan fingerprint density at radius 2 is 2.05 bits per heavy atom. The number of nitrogens with zero attached hydrogens (tertiary/aromatic N) is 4. The van der Waals surface area contributed by atoms with Gasteiger partial charge in [-0.2, -0.15) is 10.2 Å². The van der Waals surface area contributed by atoms with E-state index in [1.165, 1.54) is 18.4 Å². The first kappa shape index (κ1) is 13.6. The van der Waals surface area contributed by atoms with Crippen molar-refractivity contribution in [1.82, 2.24) is 24.9 Å². The fourth-order valence-corrected chi connectivity index (χ4v) is 2.58. The normalized spacial score (nSPS) is 15.0. The van der Waals surface area contributed by atoms with Gasteiger partial charge in [0.2, 0.25) is 0 Å². The molecule has 108 valence electrons. The Labute approximate surface area is 123 Å². The van der Waals surface area contributed by atoms with Crippen molar-refractivity contribution in [3.05, 3.63) is 33.9 Å². The summed E-state index contributed by atoms with van der Waals surface area (Å²) in [4.78, 5) is 0. The monoisotopic (exact) mass is 293 g/mol. The zero-order valence-electron chi connectivity index (χ0n) is 12.1. The zero-order valence-corrected chi connectivity index (χ0v) is 12.9. The average molecular weight is 294 g/mol. The van der Waals surface area contributed by atoms with Gasteiger partial charge in [0.05, 0.1) is 28.6 Å². The van der Waals surface area contributed by atoms with Crippen molar-refractivity contribution in [2.45, 2.75) is 45.8 Å². The second-order valence-electron chi connectivity index (χ2n) is 5.56. The first-order valence-electron chi connectivity index (χ1n) is 6.99. The van der Waals surface area contributed by atoms with Crippen LogP contribution in [-0.2, 0) is 20.1 Å². The minimum absolute atomic E-state index is 0.653. The van der Waals surface area contributed by atoms with Crippen molar-refractivity contribution in [1.29, 1.82) is 0 Å². The number of halogens is 1. The van der Waals surface area contributed by atoms with E-state index in [4.69, 9.17) is 11.6 Å². The third-order valence-corrected chi connectivity index (χ3v) is 4.27. The van der Waals surface area contributed by atoms with Gasteiger partial charge >= 0.3 is 0 Å². The van der Waals surface area contributed by atoms with Gasteiger partial charge < -0.3 is 5.32 Å². The number of aromatic nitrogens is 4. The average Bonchev–Trinajstić information content (AvgIpc) is 3.12. The van der Waals surface area contributed by atoms with Crippen LogP contribution in [0, 0.1) is 13.8 Å². The van der Waals surface area contributed by atoms with Gasteiger partial charge in [0, 0.05) is 31.4 Å². The lowest BCUT2D eigenvalue weighted by Crippen LogP contribution is -2.15. The highest BCUT2D eigenvalue weighted by atomic mass is 35.5. The number of aryl methyl sites for hydroxylation is 3. The lowest BCUT2D eigenvalue weighted by Gasteiger charge is -2.03. The molecular formula is C14H20ClN5. The number of hydrogen-bond acceptors (Lipinski definition) is 3. The van der Waals surface area contributed by atoms with Crippen LogP contribution in [0.3, 0.4) is 0 Å². The highest BCUT2D eigenvalue weighted by molar-refractivity contribution is 6.31. The molecule has 1 aliphatic carbocycles. The summed E-state index contributed by atoms with van der Waals surface area (Å²) in [5.74, 6) is 0. The van der Waals surface area contributed by atoms with Gasteiger partial charge in [-0.15, -0.1) is 0 Å². The second kappa shape index (κ2) is 5.22. The predicted molar refractivity (Wildman–Crippen MR) is 78.9 cm³/mol. The Balaban J connectivity index is 1.75. The van der Waals surface area contributed by atoms with E-state index in [-0.39, 0.29) is 0 Å². The van der Waals surface area contributed by atoms with E-state index in [2.05, 4.69) is 28.6 Å². The van der Waals surface area contributed by atoms with Gasteiger partial charge in [0.15, 0.2) is 0 Å². The van der Waals surface area contributed by atoms with Gasteiger partial charge in [-0.3, -0.25) is 9.36 Å². The molecular weight excluding hydrogens is 274 g/mol. The lowest BCUT2D eigenvalue weighted by atomic mass is 10.2. The molecule has 0 atom stereocenters. The summed E-state index contributed by atoms with van der Waals surface area (Å²) in [6.07, 6.45) is 4.71. The Morgan fingerprint density at radius 1 is 1.30 bits per heavy atom. The van der Waals surface area contributed by atoms with E-state index >= 15 is 0 Å². The third-order valence-electron chi connectivity index (χ3n) is 3.78. The Hall–Kier alpha value is -1.33. The first-order chi connectivity index (χ1) is 9.54. The van der Waals surface area contributed by atoms with Crippen molar-refractivity contribution in [3.8, 4) is 0 Å². The van der Waals surface area contributed by atoms with Crippen LogP contribution in [0.5, 0.6) is 0 Å². The van der Waals surface area contributed by atoms with Crippen molar-refractivity contribution in [2.75, 3.05) is 0 Å². The maximum Gasteiger partial charge on any atom is 0.0866 e. The van der Waals surface area contributed by atoms with Gasteiger partial charge in [0.25, 0.3) is 0 Å². The van der Waals surface area contributed by atoms with Crippen LogP contribution in [0.25, 0.3) is 0 Å². The molecule has 1 aliphatic rings. The fraction of sp³-hybridized carbons (Fsp3) is 0.571. The number of rotatable bonds is 5. The second-order valence-corrected chi connectivity index (χ2v) is 5.94. The van der Waals surface area contributed by atoms with Gasteiger partial charge in [-0.25, -0.2) is 0 Å². The molecule has 2 aromatic rings. The summed E-state index contributed by atoms with van der Waals surface area (Å²) in [7, 11) is 1.92. The summed E-state index contributed by atoms with van der Waals surface area (Å²) in [5, 5.41) is 13.2. The molecule has 1 N–H and O–H groups in total. The molecule has 0 bridgehead atoms. The molecule has 1 fully saturated rings. The molecule has 0 aromatic carbocycles. The molecule has 20 heavy (non-hydrogen) atoms. The summed E-state index contributed by atoms with van der Waals surface area (Å²) in [6.45, 7) is 5.52. The summed E-state index contributed by atoms with van der Waals surface area (Å²) in [5.41, 5.74) is 4.19. The number of hydrogen-bond donors (Lipinski definition) is 1. The SMILES string of the molecule is Cc1nn(Cc2c(Cl)c(C)nn2C)cc1CNC1CC1. The molecule has 0 unspecified atom stereocenters. The highest BCUT2D eigenvalue weighted by Crippen LogP contribution is 2.21. The highest BCUT2D eigenvalue weighted by Gasteiger charge is 2.21. The maximum atomic E-state index is 6.28. The van der Waals surface area contributed by atoms with Crippen LogP contribution in [-0.4, -0.2) is 25.6 Å². The van der Waals surface area contributed by atoms with Crippen LogP contribution in [0.4, 0.5) is 0 Å². The zero-order chi connectivity index (χ0) is 14.3. The van der Waals surface area contributed by atoms with Gasteiger partial charge in [0.1, 0.15) is 0 Å². The number of nitrogens with one attached hydrogen (secondary N) is 1. The van der Waals surface area contributed by atoms with Crippen molar-refractivity contribution >= 4 is 11.6 Å². The Morgan fingerprint density at radius 3 is 2.65 bits per heavy atom. The summed E-state index contributed by atoms with van der Waals surface area (Å²) < 4.78 is 3.78. The molecule has 6 heteroatoms. The molecule has 5 nitrogen and oxygen atoms in total. The van der Waals surface area contributed by atoms with E-state index in [0.29, 0.717) is 12.6 Å². The standard InChI is InChI=1S/C14H20ClN5/c1-9-11(6-16-12-4-5-12)7-20(18-9)8-13-14(15)10(2)17-19(13)3/h7,12,16H,4-6,8H2,1-3H3. The van der Waals surface area contributed by atoms with Gasteiger partial charge in [-0.1, -0.05) is 11.6 Å². The molecule has 0 saturated heterocycles. The molecule has 3 rings (SSSR count). The van der Waals surface area contributed by atoms with Crippen LogP contribution in [0.2, 0.25) is 5.02 Å². The molecule has 0 radical (unpaired) electrons. The minimum Gasteiger partial charge on any atom is -0.310 e. The summed E-state index contributed by atoms with van der Waals surface area (Å²) >= 11 is 6.28. The third kappa shape index (κ3) is 2.74. The lowest BCUT2D eigenvalue weighted by molar-refractivity contribution is 0.614. The fourth-order valence-electron chi connectivity index (χ4n) is 2.36. The van der Waals surface area contributed by atoms with Crippen molar-refractivity contribution in [2.24, 2.45) is 7.05 Å². The topological polar surface area (TPSA) is 47.7 Å². The Bertz CT molecular complexity index is 624.